The van der Waals surface area contributed by atoms with Gasteiger partial charge < -0.3 is 4.74 Å². The first-order valence-corrected chi connectivity index (χ1v) is 6.18. The highest BCUT2D eigenvalue weighted by Crippen LogP contribution is 2.21. The number of ether oxygens (including phenoxy) is 1. The van der Waals surface area contributed by atoms with Gasteiger partial charge in [0, 0.05) is 13.5 Å². The van der Waals surface area contributed by atoms with Crippen LogP contribution in [-0.4, -0.2) is 22.3 Å². The van der Waals surface area contributed by atoms with Crippen LogP contribution in [0.1, 0.15) is 37.1 Å². The second-order valence-electron chi connectivity index (χ2n) is 4.35. The zero-order valence-corrected chi connectivity index (χ0v) is 11.3. The van der Waals surface area contributed by atoms with Crippen molar-refractivity contribution < 1.29 is 9.53 Å². The number of hydrogen-bond donors (Lipinski definition) is 2. The Morgan fingerprint density at radius 2 is 2.11 bits per heavy atom. The number of aryl methyl sites for hydroxylation is 2. The summed E-state index contributed by atoms with van der Waals surface area (Å²) in [5, 5.41) is 4.28. The molecule has 1 heterocycles. The molecular weight excluding hydrogens is 232 g/mol. The van der Waals surface area contributed by atoms with Gasteiger partial charge in [-0.15, -0.1) is 0 Å². The number of carbonyl (C=O) groups excluding carboxylic acids is 1. The first kappa shape index (κ1) is 14.5. The molecule has 6 heteroatoms. The molecule has 0 aliphatic heterocycles. The lowest BCUT2D eigenvalue weighted by Crippen LogP contribution is -2.29. The van der Waals surface area contributed by atoms with Crippen molar-refractivity contribution in [3.63, 3.8) is 0 Å². The molecule has 102 valence electrons. The highest BCUT2D eigenvalue weighted by atomic mass is 16.5. The van der Waals surface area contributed by atoms with Crippen molar-refractivity contribution in [1.82, 2.24) is 15.2 Å². The minimum atomic E-state index is -0.116. The quantitative estimate of drug-likeness (QED) is 0.329. The smallest absolute Gasteiger partial charge is 0.233 e. The average Bonchev–Trinajstić information content (AvgIpc) is 2.59. The fraction of sp³-hybridized carbons (Fsp3) is 0.667. The van der Waals surface area contributed by atoms with Crippen molar-refractivity contribution in [2.75, 3.05) is 6.61 Å². The molecule has 0 aromatic carbocycles. The zero-order valence-electron chi connectivity index (χ0n) is 11.3. The summed E-state index contributed by atoms with van der Waals surface area (Å²) in [7, 11) is 1.90. The topological polar surface area (TPSA) is 82.2 Å². The minimum absolute atomic E-state index is 0.116. The Hall–Kier alpha value is -1.56. The van der Waals surface area contributed by atoms with E-state index in [2.05, 4.69) is 10.5 Å². The number of hydrogen-bond acceptors (Lipinski definition) is 4. The van der Waals surface area contributed by atoms with Crippen molar-refractivity contribution >= 4 is 5.91 Å². The van der Waals surface area contributed by atoms with E-state index in [4.69, 9.17) is 10.6 Å². The van der Waals surface area contributed by atoms with Gasteiger partial charge in [-0.2, -0.15) is 5.10 Å². The molecule has 0 aliphatic rings. The molecule has 0 atom stereocenters. The number of amides is 1. The molecular formula is C12H22N4O2. The van der Waals surface area contributed by atoms with Crippen molar-refractivity contribution in [1.29, 1.82) is 0 Å². The highest BCUT2D eigenvalue weighted by molar-refractivity contribution is 5.74. The van der Waals surface area contributed by atoms with Gasteiger partial charge in [0.2, 0.25) is 5.91 Å². The van der Waals surface area contributed by atoms with Gasteiger partial charge in [-0.1, -0.05) is 0 Å². The van der Waals surface area contributed by atoms with E-state index in [1.54, 1.807) is 0 Å². The summed E-state index contributed by atoms with van der Waals surface area (Å²) < 4.78 is 7.53. The maximum Gasteiger partial charge on any atom is 0.233 e. The van der Waals surface area contributed by atoms with Gasteiger partial charge in [0.05, 0.1) is 12.3 Å². The normalized spacial score (nSPS) is 10.4. The summed E-state index contributed by atoms with van der Waals surface area (Å²) in [6.45, 7) is 4.58. The summed E-state index contributed by atoms with van der Waals surface area (Å²) in [5.74, 6) is 5.75. The Morgan fingerprint density at radius 3 is 2.67 bits per heavy atom. The van der Waals surface area contributed by atoms with Gasteiger partial charge in [-0.25, -0.2) is 5.84 Å². The summed E-state index contributed by atoms with van der Waals surface area (Å²) in [6.07, 6.45) is 3.18. The SMILES string of the molecule is Cc1nn(C)c(C)c1OCCCCCC(=O)NN. The zero-order chi connectivity index (χ0) is 13.5. The highest BCUT2D eigenvalue weighted by Gasteiger charge is 2.09. The van der Waals surface area contributed by atoms with Gasteiger partial charge in [-0.05, 0) is 33.1 Å². The van der Waals surface area contributed by atoms with E-state index in [1.807, 2.05) is 25.6 Å². The third-order valence-electron chi connectivity index (χ3n) is 2.90. The Labute approximate surface area is 107 Å². The number of rotatable bonds is 7. The van der Waals surface area contributed by atoms with Gasteiger partial charge in [0.15, 0.2) is 5.75 Å². The Bertz CT molecular complexity index is 401. The maximum absolute atomic E-state index is 10.9. The molecule has 0 saturated heterocycles. The lowest BCUT2D eigenvalue weighted by Gasteiger charge is -2.06. The fourth-order valence-corrected chi connectivity index (χ4v) is 1.77. The molecule has 0 aliphatic carbocycles. The van der Waals surface area contributed by atoms with Crippen LogP contribution in [0.2, 0.25) is 0 Å². The van der Waals surface area contributed by atoms with E-state index in [0.29, 0.717) is 13.0 Å². The minimum Gasteiger partial charge on any atom is -0.490 e. The second kappa shape index (κ2) is 7.00. The number of hydrazine groups is 1. The number of carbonyl (C=O) groups is 1. The molecule has 18 heavy (non-hydrogen) atoms. The Balaban J connectivity index is 2.20. The molecule has 1 rings (SSSR count). The molecule has 0 fully saturated rings. The first-order chi connectivity index (χ1) is 8.56. The molecule has 1 aromatic rings. The van der Waals surface area contributed by atoms with Crippen LogP contribution in [0.25, 0.3) is 0 Å². The summed E-state index contributed by atoms with van der Waals surface area (Å²) in [5.41, 5.74) is 4.07. The predicted molar refractivity (Wildman–Crippen MR) is 69.0 cm³/mol. The van der Waals surface area contributed by atoms with E-state index >= 15 is 0 Å². The third-order valence-corrected chi connectivity index (χ3v) is 2.90. The van der Waals surface area contributed by atoms with E-state index in [0.717, 1.165) is 36.4 Å². The maximum atomic E-state index is 10.9. The van der Waals surface area contributed by atoms with Crippen LogP contribution in [0.15, 0.2) is 0 Å². The molecule has 3 N–H and O–H groups in total. The summed E-state index contributed by atoms with van der Waals surface area (Å²) in [4.78, 5) is 10.9. The van der Waals surface area contributed by atoms with Gasteiger partial charge in [0.25, 0.3) is 0 Å². The third kappa shape index (κ3) is 4.03. The number of aromatic nitrogens is 2. The van der Waals surface area contributed by atoms with Crippen LogP contribution >= 0.6 is 0 Å². The van der Waals surface area contributed by atoms with Crippen LogP contribution < -0.4 is 16.0 Å². The van der Waals surface area contributed by atoms with Crippen LogP contribution in [0.5, 0.6) is 5.75 Å². The fourth-order valence-electron chi connectivity index (χ4n) is 1.77. The van der Waals surface area contributed by atoms with Gasteiger partial charge in [0.1, 0.15) is 5.69 Å². The van der Waals surface area contributed by atoms with E-state index in [9.17, 15) is 4.79 Å². The summed E-state index contributed by atoms with van der Waals surface area (Å²) >= 11 is 0. The van der Waals surface area contributed by atoms with Crippen molar-refractivity contribution in [2.24, 2.45) is 12.9 Å². The number of nitrogens with one attached hydrogen (secondary N) is 1. The molecule has 0 saturated carbocycles. The second-order valence-corrected chi connectivity index (χ2v) is 4.35. The van der Waals surface area contributed by atoms with Gasteiger partial charge in [-0.3, -0.25) is 14.9 Å². The molecule has 0 unspecified atom stereocenters. The lowest BCUT2D eigenvalue weighted by molar-refractivity contribution is -0.121. The predicted octanol–water partition coefficient (Wildman–Crippen LogP) is 0.966. The number of nitrogens with two attached hydrogens (primary N) is 1. The van der Waals surface area contributed by atoms with Crippen LogP contribution in [0.3, 0.4) is 0 Å². The van der Waals surface area contributed by atoms with E-state index in [1.165, 1.54) is 0 Å². The lowest BCUT2D eigenvalue weighted by atomic mass is 10.2. The van der Waals surface area contributed by atoms with Crippen molar-refractivity contribution in [2.45, 2.75) is 39.5 Å². The Morgan fingerprint density at radius 1 is 1.39 bits per heavy atom. The summed E-state index contributed by atoms with van der Waals surface area (Å²) in [6, 6.07) is 0. The Kier molecular flexibility index (Phi) is 5.64. The van der Waals surface area contributed by atoms with Crippen molar-refractivity contribution in [3.8, 4) is 5.75 Å². The van der Waals surface area contributed by atoms with E-state index in [-0.39, 0.29) is 5.91 Å². The largest absolute Gasteiger partial charge is 0.490 e. The van der Waals surface area contributed by atoms with Gasteiger partial charge >= 0.3 is 0 Å². The number of unbranched alkanes of at least 4 members (excludes halogenated alkanes) is 2. The molecule has 0 bridgehead atoms. The van der Waals surface area contributed by atoms with Crippen LogP contribution in [0.4, 0.5) is 0 Å². The van der Waals surface area contributed by atoms with Crippen molar-refractivity contribution in [3.05, 3.63) is 11.4 Å². The average molecular weight is 254 g/mol. The molecule has 1 amide bonds. The molecule has 0 spiro atoms. The number of nitrogens with zero attached hydrogens (tertiary/aromatic N) is 2. The first-order valence-electron chi connectivity index (χ1n) is 6.18. The van der Waals surface area contributed by atoms with Crippen LogP contribution in [0, 0.1) is 13.8 Å². The van der Waals surface area contributed by atoms with Crippen LogP contribution in [-0.2, 0) is 11.8 Å². The molecule has 6 nitrogen and oxygen atoms in total. The van der Waals surface area contributed by atoms with E-state index < -0.39 is 0 Å². The standard InChI is InChI=1S/C12H22N4O2/c1-9-12(10(2)16(3)15-9)18-8-6-4-5-7-11(17)14-13/h4-8,13H2,1-3H3,(H,14,17). The monoisotopic (exact) mass is 254 g/mol. The molecule has 1 aromatic heterocycles. The molecule has 0 radical (unpaired) electrons.